The van der Waals surface area contributed by atoms with Crippen molar-refractivity contribution in [3.05, 3.63) is 62.1 Å². The summed E-state index contributed by atoms with van der Waals surface area (Å²) in [5, 5.41) is 3.04. The van der Waals surface area contributed by atoms with Crippen LogP contribution in [0.4, 0.5) is 5.69 Å². The number of hydrogen-bond acceptors (Lipinski definition) is 7. The fourth-order valence-electron chi connectivity index (χ4n) is 6.78. The number of carbonyl (C=O) groups excluding carboxylic acids is 1. The number of H-pyrrole nitrogens is 1. The average Bonchev–Trinajstić information content (AvgIpc) is 3.02. The Kier molecular flexibility index (Phi) is 12.7. The average molecular weight is 619 g/mol. The molecule has 9 heteroatoms. The molecule has 0 unspecified atom stereocenters. The number of aromatic nitrogens is 1. The third-order valence-corrected chi connectivity index (χ3v) is 9.70. The van der Waals surface area contributed by atoms with Gasteiger partial charge in [-0.15, -0.1) is 0 Å². The Balaban J connectivity index is 1.58. The predicted molar refractivity (Wildman–Crippen MR) is 183 cm³/mol. The van der Waals surface area contributed by atoms with Crippen molar-refractivity contribution in [2.45, 2.75) is 72.0 Å². The second kappa shape index (κ2) is 16.4. The van der Waals surface area contributed by atoms with Gasteiger partial charge in [0.05, 0.1) is 13.2 Å². The third kappa shape index (κ3) is 9.20. The van der Waals surface area contributed by atoms with Gasteiger partial charge in [0.15, 0.2) is 0 Å². The summed E-state index contributed by atoms with van der Waals surface area (Å²) in [7, 11) is 6.12. The van der Waals surface area contributed by atoms with Crippen molar-refractivity contribution in [3.63, 3.8) is 0 Å². The van der Waals surface area contributed by atoms with Crippen molar-refractivity contribution in [2.24, 2.45) is 0 Å². The van der Waals surface area contributed by atoms with E-state index < -0.39 is 0 Å². The zero-order valence-electron chi connectivity index (χ0n) is 28.6. The van der Waals surface area contributed by atoms with E-state index in [4.69, 9.17) is 4.74 Å². The van der Waals surface area contributed by atoms with Crippen molar-refractivity contribution in [3.8, 4) is 11.8 Å². The minimum atomic E-state index is -0.185. The summed E-state index contributed by atoms with van der Waals surface area (Å²) in [5.41, 5.74) is 5.60. The number of rotatable bonds is 11. The van der Waals surface area contributed by atoms with Crippen LogP contribution in [-0.2, 0) is 11.3 Å². The molecule has 2 N–H and O–H groups in total. The van der Waals surface area contributed by atoms with Crippen LogP contribution in [0.15, 0.2) is 23.0 Å². The molecule has 246 valence electrons. The lowest BCUT2D eigenvalue weighted by atomic mass is 9.88. The maximum absolute atomic E-state index is 13.8. The van der Waals surface area contributed by atoms with Gasteiger partial charge in [-0.1, -0.05) is 11.8 Å². The van der Waals surface area contributed by atoms with Gasteiger partial charge in [0.1, 0.15) is 0 Å². The summed E-state index contributed by atoms with van der Waals surface area (Å²) in [6.45, 7) is 15.6. The van der Waals surface area contributed by atoms with Crippen molar-refractivity contribution >= 4 is 11.6 Å². The zero-order valence-corrected chi connectivity index (χ0v) is 28.6. The first-order valence-corrected chi connectivity index (χ1v) is 16.6. The predicted octanol–water partition coefficient (Wildman–Crippen LogP) is 3.54. The maximum Gasteiger partial charge on any atom is 0.253 e. The van der Waals surface area contributed by atoms with Crippen LogP contribution in [0, 0.1) is 32.6 Å². The van der Waals surface area contributed by atoms with Gasteiger partial charge < -0.3 is 29.7 Å². The van der Waals surface area contributed by atoms with E-state index in [1.165, 1.54) is 0 Å². The van der Waals surface area contributed by atoms with E-state index in [0.29, 0.717) is 29.8 Å². The maximum atomic E-state index is 13.8. The molecule has 2 fully saturated rings. The Morgan fingerprint density at radius 3 is 2.40 bits per heavy atom. The zero-order chi connectivity index (χ0) is 32.5. The lowest BCUT2D eigenvalue weighted by molar-refractivity contribution is 0.0950. The normalized spacial score (nSPS) is 19.3. The Morgan fingerprint density at radius 2 is 1.76 bits per heavy atom. The summed E-state index contributed by atoms with van der Waals surface area (Å²) in [6, 6.07) is 7.01. The first-order chi connectivity index (χ1) is 21.6. The molecule has 1 aliphatic carbocycles. The molecule has 4 rings (SSSR count). The van der Waals surface area contributed by atoms with Crippen LogP contribution >= 0.6 is 0 Å². The van der Waals surface area contributed by atoms with Gasteiger partial charge in [-0.2, -0.15) is 0 Å². The van der Waals surface area contributed by atoms with Gasteiger partial charge in [-0.05, 0) is 96.8 Å². The van der Waals surface area contributed by atoms with Crippen LogP contribution in [0.1, 0.15) is 70.9 Å². The van der Waals surface area contributed by atoms with E-state index in [1.54, 1.807) is 7.11 Å². The number of benzene rings is 1. The number of methoxy groups -OCH3 is 1. The number of pyridine rings is 1. The number of likely N-dealkylation sites (N-methyl/N-ethyl adjacent to an activating group) is 2. The summed E-state index contributed by atoms with van der Waals surface area (Å²) in [4.78, 5) is 38.9. The number of aromatic amines is 1. The fourth-order valence-corrected chi connectivity index (χ4v) is 6.78. The first-order valence-electron chi connectivity index (χ1n) is 16.6. The van der Waals surface area contributed by atoms with Crippen molar-refractivity contribution < 1.29 is 9.53 Å². The molecule has 1 aliphatic heterocycles. The molecule has 2 heterocycles. The van der Waals surface area contributed by atoms with Crippen LogP contribution in [0.3, 0.4) is 0 Å². The molecular weight excluding hydrogens is 564 g/mol. The highest BCUT2D eigenvalue weighted by molar-refractivity contribution is 5.97. The lowest BCUT2D eigenvalue weighted by Crippen LogP contribution is -2.44. The molecule has 2 aliphatic rings. The number of ether oxygens (including phenoxy) is 1. The smallest absolute Gasteiger partial charge is 0.253 e. The van der Waals surface area contributed by atoms with E-state index >= 15 is 0 Å². The number of aryl methyl sites for hydroxylation is 2. The topological polar surface area (TPSA) is 84.2 Å². The van der Waals surface area contributed by atoms with E-state index in [2.05, 4.69) is 68.8 Å². The Labute approximate surface area is 270 Å². The highest BCUT2D eigenvalue weighted by atomic mass is 16.5. The molecule has 0 radical (unpaired) electrons. The molecule has 1 saturated heterocycles. The van der Waals surface area contributed by atoms with Crippen LogP contribution in [0.25, 0.3) is 0 Å². The standard InChI is InChI=1S/C36H54N6O3/c1-8-42(31-13-11-30(12-14-31)40(6)20-21-45-7)34-24-29(10-9-15-41-18-16-39(5)17-19-41)23-32(28(34)4)35(43)37-25-33-26(2)22-27(3)38-36(33)44/h22-24,30-31H,8,11-21,25H2,1-7H3,(H,37,43)(H,38,44)/t30-,31-. The number of anilines is 1. The molecule has 1 aromatic carbocycles. The Hall–Kier alpha value is -3.16. The van der Waals surface area contributed by atoms with Gasteiger partial charge in [0.2, 0.25) is 0 Å². The van der Waals surface area contributed by atoms with Gasteiger partial charge >= 0.3 is 0 Å². The highest BCUT2D eigenvalue weighted by Gasteiger charge is 2.29. The monoisotopic (exact) mass is 618 g/mol. The Bertz CT molecular complexity index is 1410. The van der Waals surface area contributed by atoms with Gasteiger partial charge in [0, 0.05) is 93.1 Å². The van der Waals surface area contributed by atoms with E-state index in [1.807, 2.05) is 32.9 Å². The lowest BCUT2D eigenvalue weighted by Gasteiger charge is -2.41. The number of nitrogens with zero attached hydrogens (tertiary/aromatic N) is 4. The van der Waals surface area contributed by atoms with Crippen LogP contribution < -0.4 is 15.8 Å². The van der Waals surface area contributed by atoms with E-state index in [9.17, 15) is 9.59 Å². The third-order valence-electron chi connectivity index (χ3n) is 9.70. The molecule has 0 atom stereocenters. The first kappa shape index (κ1) is 34.7. The molecule has 1 aromatic heterocycles. The van der Waals surface area contributed by atoms with Crippen LogP contribution in [0.5, 0.6) is 0 Å². The molecular formula is C36H54N6O3. The van der Waals surface area contributed by atoms with Gasteiger partial charge in [-0.3, -0.25) is 14.5 Å². The number of amides is 1. The van der Waals surface area contributed by atoms with E-state index in [-0.39, 0.29) is 18.0 Å². The SMILES string of the molecule is CCN(c1cc(C#CCN2CCN(C)CC2)cc(C(=O)NCc2c(C)cc(C)[nH]c2=O)c1C)[C@H]1CC[C@H](N(C)CCOC)CC1. The number of hydrogen-bond donors (Lipinski definition) is 2. The summed E-state index contributed by atoms with van der Waals surface area (Å²) >= 11 is 0. The number of carbonyl (C=O) groups is 1. The number of nitrogens with one attached hydrogen (secondary N) is 2. The minimum absolute atomic E-state index is 0.158. The molecule has 0 spiro atoms. The minimum Gasteiger partial charge on any atom is -0.383 e. The van der Waals surface area contributed by atoms with Gasteiger partial charge in [-0.25, -0.2) is 0 Å². The van der Waals surface area contributed by atoms with E-state index in [0.717, 1.165) is 99.6 Å². The molecule has 1 saturated carbocycles. The molecule has 45 heavy (non-hydrogen) atoms. The van der Waals surface area contributed by atoms with Gasteiger partial charge in [0.25, 0.3) is 11.5 Å². The van der Waals surface area contributed by atoms with Crippen molar-refractivity contribution in [2.75, 3.05) is 78.5 Å². The quantitative estimate of drug-likeness (QED) is 0.373. The van der Waals surface area contributed by atoms with Crippen molar-refractivity contribution in [1.82, 2.24) is 25.0 Å². The highest BCUT2D eigenvalue weighted by Crippen LogP contribution is 2.33. The fraction of sp³-hybridized carbons (Fsp3) is 0.611. The molecule has 1 amide bonds. The van der Waals surface area contributed by atoms with Crippen LogP contribution in [0.2, 0.25) is 0 Å². The second-order valence-corrected chi connectivity index (χ2v) is 12.9. The second-order valence-electron chi connectivity index (χ2n) is 12.9. The molecule has 2 aromatic rings. The summed E-state index contributed by atoms with van der Waals surface area (Å²) in [6.07, 6.45) is 4.49. The summed E-state index contributed by atoms with van der Waals surface area (Å²) in [5.74, 6) is 6.61. The summed E-state index contributed by atoms with van der Waals surface area (Å²) < 4.78 is 5.30. The van der Waals surface area contributed by atoms with Crippen molar-refractivity contribution in [1.29, 1.82) is 0 Å². The largest absolute Gasteiger partial charge is 0.383 e. The Morgan fingerprint density at radius 1 is 1.07 bits per heavy atom. The number of piperazine rings is 1. The molecule has 9 nitrogen and oxygen atoms in total. The van der Waals surface area contributed by atoms with Crippen LogP contribution in [-0.4, -0.2) is 111 Å². The molecule has 0 bridgehead atoms.